The number of nitrogens with zero attached hydrogens (tertiary/aromatic N) is 6. The van der Waals surface area contributed by atoms with Crippen LogP contribution in [0, 0.1) is 0 Å². The van der Waals surface area contributed by atoms with E-state index >= 15 is 0 Å². The van der Waals surface area contributed by atoms with E-state index in [2.05, 4.69) is 25.1 Å². The summed E-state index contributed by atoms with van der Waals surface area (Å²) < 4.78 is 1.82. The molecule has 0 atom stereocenters. The summed E-state index contributed by atoms with van der Waals surface area (Å²) in [5.41, 5.74) is 16.5. The molecule has 0 fully saturated rings. The predicted octanol–water partition coefficient (Wildman–Crippen LogP) is -1.08. The molecule has 0 amide bonds. The van der Waals surface area contributed by atoms with Crippen LogP contribution in [0.15, 0.2) is 5.16 Å². The summed E-state index contributed by atoms with van der Waals surface area (Å²) in [4.78, 5) is 11.7. The molecule has 0 bridgehead atoms. The quantitative estimate of drug-likeness (QED) is 0.588. The lowest BCUT2D eigenvalue weighted by Gasteiger charge is -2.02. The molecule has 0 saturated heterocycles. The van der Waals surface area contributed by atoms with E-state index in [0.717, 1.165) is 5.16 Å². The standard InChI is InChI=1S/C8H13N9S/c1-17-5(2-9)15-16-8(17)18-3-4-12-6(10)14-7(11)13-4/h2-3,9H2,1H3,(H4,10,11,12,13,14). The first-order valence-electron chi connectivity index (χ1n) is 5.07. The van der Waals surface area contributed by atoms with Crippen molar-refractivity contribution in [1.82, 2.24) is 29.7 Å². The zero-order chi connectivity index (χ0) is 13.1. The van der Waals surface area contributed by atoms with E-state index in [1.165, 1.54) is 11.8 Å². The zero-order valence-corrected chi connectivity index (χ0v) is 10.6. The largest absolute Gasteiger partial charge is 0.368 e. The molecule has 0 aliphatic rings. The molecular weight excluding hydrogens is 254 g/mol. The summed E-state index contributed by atoms with van der Waals surface area (Å²) in [5, 5.41) is 8.68. The molecule has 0 saturated carbocycles. The highest BCUT2D eigenvalue weighted by molar-refractivity contribution is 7.98. The Balaban J connectivity index is 2.09. The molecule has 0 aliphatic carbocycles. The fourth-order valence-corrected chi connectivity index (χ4v) is 2.08. The van der Waals surface area contributed by atoms with Crippen LogP contribution in [0.3, 0.4) is 0 Å². The normalized spacial score (nSPS) is 10.8. The molecule has 0 radical (unpaired) electrons. The Kier molecular flexibility index (Phi) is 3.58. The van der Waals surface area contributed by atoms with Crippen LogP contribution < -0.4 is 17.2 Å². The number of nitrogen functional groups attached to an aromatic ring is 2. The first-order chi connectivity index (χ1) is 8.60. The van der Waals surface area contributed by atoms with Crippen molar-refractivity contribution >= 4 is 23.7 Å². The van der Waals surface area contributed by atoms with Gasteiger partial charge in [0.1, 0.15) is 11.6 Å². The monoisotopic (exact) mass is 267 g/mol. The molecule has 2 rings (SSSR count). The summed E-state index contributed by atoms with van der Waals surface area (Å²) >= 11 is 1.42. The minimum Gasteiger partial charge on any atom is -0.368 e. The highest BCUT2D eigenvalue weighted by Gasteiger charge is 2.09. The van der Waals surface area contributed by atoms with Gasteiger partial charge in [-0.2, -0.15) is 15.0 Å². The van der Waals surface area contributed by atoms with Crippen LogP contribution >= 0.6 is 11.8 Å². The van der Waals surface area contributed by atoms with Crippen molar-refractivity contribution in [3.8, 4) is 0 Å². The minimum absolute atomic E-state index is 0.110. The number of hydrogen-bond acceptors (Lipinski definition) is 9. The molecule has 0 unspecified atom stereocenters. The molecular formula is C8H13N9S. The van der Waals surface area contributed by atoms with Gasteiger partial charge in [-0.05, 0) is 0 Å². The number of hydrogen-bond donors (Lipinski definition) is 3. The van der Waals surface area contributed by atoms with Gasteiger partial charge in [-0.15, -0.1) is 10.2 Å². The number of rotatable bonds is 4. The molecule has 0 aliphatic heterocycles. The highest BCUT2D eigenvalue weighted by Crippen LogP contribution is 2.19. The van der Waals surface area contributed by atoms with Crippen molar-refractivity contribution in [2.75, 3.05) is 11.5 Å². The molecule has 2 aromatic heterocycles. The SMILES string of the molecule is Cn1c(CN)nnc1SCc1nc(N)nc(N)n1. The Morgan fingerprint density at radius 2 is 1.78 bits per heavy atom. The smallest absolute Gasteiger partial charge is 0.225 e. The van der Waals surface area contributed by atoms with E-state index < -0.39 is 0 Å². The van der Waals surface area contributed by atoms with Gasteiger partial charge < -0.3 is 21.8 Å². The Labute approximate surface area is 107 Å². The highest BCUT2D eigenvalue weighted by atomic mass is 32.2. The Bertz CT molecular complexity index is 531. The van der Waals surface area contributed by atoms with Gasteiger partial charge in [0, 0.05) is 7.05 Å². The Morgan fingerprint density at radius 1 is 1.11 bits per heavy atom. The van der Waals surface area contributed by atoms with E-state index in [-0.39, 0.29) is 11.9 Å². The van der Waals surface area contributed by atoms with Gasteiger partial charge in [0.15, 0.2) is 5.16 Å². The van der Waals surface area contributed by atoms with Crippen LogP contribution in [0.4, 0.5) is 11.9 Å². The van der Waals surface area contributed by atoms with Crippen molar-refractivity contribution in [2.45, 2.75) is 17.5 Å². The molecule has 96 valence electrons. The maximum absolute atomic E-state index is 5.51. The second kappa shape index (κ2) is 5.14. The van der Waals surface area contributed by atoms with E-state index in [4.69, 9.17) is 17.2 Å². The van der Waals surface area contributed by atoms with Gasteiger partial charge in [0.05, 0.1) is 12.3 Å². The molecule has 10 heteroatoms. The first kappa shape index (κ1) is 12.5. The third-order valence-corrected chi connectivity index (χ3v) is 3.17. The summed E-state index contributed by atoms with van der Waals surface area (Å²) in [5.74, 6) is 1.92. The zero-order valence-electron chi connectivity index (χ0n) is 9.74. The van der Waals surface area contributed by atoms with Crippen molar-refractivity contribution in [3.63, 3.8) is 0 Å². The van der Waals surface area contributed by atoms with Gasteiger partial charge in [-0.3, -0.25) is 0 Å². The fourth-order valence-electron chi connectivity index (χ4n) is 1.30. The van der Waals surface area contributed by atoms with Gasteiger partial charge in [-0.25, -0.2) is 0 Å². The molecule has 18 heavy (non-hydrogen) atoms. The molecule has 6 N–H and O–H groups in total. The van der Waals surface area contributed by atoms with Crippen LogP contribution in [0.5, 0.6) is 0 Å². The molecule has 2 heterocycles. The second-order valence-corrected chi connectivity index (χ2v) is 4.36. The van der Waals surface area contributed by atoms with Crippen molar-refractivity contribution in [3.05, 3.63) is 11.6 Å². The Hall–Kier alpha value is -1.94. The summed E-state index contributed by atoms with van der Waals surface area (Å²) in [6.45, 7) is 0.343. The third kappa shape index (κ3) is 2.65. The van der Waals surface area contributed by atoms with Gasteiger partial charge >= 0.3 is 0 Å². The summed E-state index contributed by atoms with van der Waals surface area (Å²) in [6, 6.07) is 0. The van der Waals surface area contributed by atoms with Crippen molar-refractivity contribution < 1.29 is 0 Å². The number of nitrogens with two attached hydrogens (primary N) is 3. The van der Waals surface area contributed by atoms with Crippen LogP contribution in [-0.2, 0) is 19.3 Å². The minimum atomic E-state index is 0.110. The summed E-state index contributed by atoms with van der Waals surface area (Å²) in [7, 11) is 1.85. The molecule has 0 aromatic carbocycles. The van der Waals surface area contributed by atoms with Gasteiger partial charge in [-0.1, -0.05) is 11.8 Å². The maximum atomic E-state index is 5.51. The van der Waals surface area contributed by atoms with Crippen molar-refractivity contribution in [1.29, 1.82) is 0 Å². The lowest BCUT2D eigenvalue weighted by atomic mass is 10.6. The fraction of sp³-hybridized carbons (Fsp3) is 0.375. The Morgan fingerprint density at radius 3 is 2.33 bits per heavy atom. The number of thioether (sulfide) groups is 1. The average Bonchev–Trinajstić information content (AvgIpc) is 2.66. The van der Waals surface area contributed by atoms with E-state index in [0.29, 0.717) is 23.9 Å². The summed E-state index contributed by atoms with van der Waals surface area (Å²) in [6.07, 6.45) is 0. The van der Waals surface area contributed by atoms with Gasteiger partial charge in [0.25, 0.3) is 0 Å². The maximum Gasteiger partial charge on any atom is 0.225 e. The molecule has 2 aromatic rings. The van der Waals surface area contributed by atoms with Crippen LogP contribution in [0.25, 0.3) is 0 Å². The van der Waals surface area contributed by atoms with E-state index in [9.17, 15) is 0 Å². The molecule has 0 spiro atoms. The topological polar surface area (TPSA) is 147 Å². The van der Waals surface area contributed by atoms with Crippen LogP contribution in [0.2, 0.25) is 0 Å². The lowest BCUT2D eigenvalue weighted by Crippen LogP contribution is -2.07. The van der Waals surface area contributed by atoms with Crippen LogP contribution in [-0.4, -0.2) is 29.7 Å². The first-order valence-corrected chi connectivity index (χ1v) is 6.05. The second-order valence-electron chi connectivity index (χ2n) is 3.42. The van der Waals surface area contributed by atoms with E-state index in [1.54, 1.807) is 0 Å². The number of anilines is 2. The van der Waals surface area contributed by atoms with Gasteiger partial charge in [0.2, 0.25) is 11.9 Å². The van der Waals surface area contributed by atoms with Crippen molar-refractivity contribution in [2.24, 2.45) is 12.8 Å². The third-order valence-electron chi connectivity index (χ3n) is 2.15. The predicted molar refractivity (Wildman–Crippen MR) is 67.1 cm³/mol. The molecule has 9 nitrogen and oxygen atoms in total. The van der Waals surface area contributed by atoms with Crippen LogP contribution in [0.1, 0.15) is 11.6 Å². The lowest BCUT2D eigenvalue weighted by molar-refractivity contribution is 0.734. The number of aromatic nitrogens is 6. The average molecular weight is 267 g/mol. The van der Waals surface area contributed by atoms with E-state index in [1.807, 2.05) is 11.6 Å².